The zero-order valence-corrected chi connectivity index (χ0v) is 12.6. The van der Waals surface area contributed by atoms with Crippen LogP contribution in [0.15, 0.2) is 24.3 Å². The molecule has 0 aliphatic carbocycles. The van der Waals surface area contributed by atoms with Crippen molar-refractivity contribution >= 4 is 5.69 Å². The number of rotatable bonds is 7. The van der Waals surface area contributed by atoms with Crippen molar-refractivity contribution < 1.29 is 4.74 Å². The van der Waals surface area contributed by atoms with E-state index in [0.29, 0.717) is 0 Å². The topological polar surface area (TPSA) is 41.7 Å². The fourth-order valence-corrected chi connectivity index (χ4v) is 2.52. The van der Waals surface area contributed by atoms with E-state index in [1.165, 1.54) is 45.7 Å². The van der Waals surface area contributed by atoms with Crippen molar-refractivity contribution in [2.75, 3.05) is 51.6 Å². The molecule has 0 bridgehead atoms. The first-order chi connectivity index (χ1) is 9.78. The average molecular weight is 277 g/mol. The van der Waals surface area contributed by atoms with Gasteiger partial charge in [-0.1, -0.05) is 6.92 Å². The molecule has 0 aromatic heterocycles. The number of nitrogens with two attached hydrogens (primary N) is 1. The second kappa shape index (κ2) is 8.12. The minimum Gasteiger partial charge on any atom is -0.494 e. The van der Waals surface area contributed by atoms with E-state index in [2.05, 4.69) is 16.7 Å². The molecule has 2 rings (SSSR count). The molecule has 0 radical (unpaired) electrons. The molecular formula is C16H27N3O. The Labute approximate surface area is 122 Å². The molecule has 0 atom stereocenters. The Balaban J connectivity index is 1.52. The van der Waals surface area contributed by atoms with Crippen molar-refractivity contribution in [3.8, 4) is 5.75 Å². The molecule has 0 spiro atoms. The summed E-state index contributed by atoms with van der Waals surface area (Å²) in [5.41, 5.74) is 6.42. The van der Waals surface area contributed by atoms with Gasteiger partial charge in [0.05, 0.1) is 6.61 Å². The van der Waals surface area contributed by atoms with Crippen molar-refractivity contribution in [2.24, 2.45) is 0 Å². The number of nitrogen functional groups attached to an aromatic ring is 1. The highest BCUT2D eigenvalue weighted by Crippen LogP contribution is 2.13. The van der Waals surface area contributed by atoms with Crippen LogP contribution in [-0.4, -0.2) is 55.7 Å². The first-order valence-corrected chi connectivity index (χ1v) is 7.71. The first kappa shape index (κ1) is 15.1. The minimum absolute atomic E-state index is 0.781. The molecule has 1 heterocycles. The predicted molar refractivity (Wildman–Crippen MR) is 84.1 cm³/mol. The van der Waals surface area contributed by atoms with Crippen molar-refractivity contribution in [1.82, 2.24) is 9.80 Å². The largest absolute Gasteiger partial charge is 0.494 e. The quantitative estimate of drug-likeness (QED) is 0.612. The number of benzene rings is 1. The molecule has 0 unspecified atom stereocenters. The monoisotopic (exact) mass is 277 g/mol. The van der Waals surface area contributed by atoms with E-state index in [0.717, 1.165) is 24.5 Å². The van der Waals surface area contributed by atoms with Gasteiger partial charge in [0.2, 0.25) is 0 Å². The maximum atomic E-state index is 5.70. The summed E-state index contributed by atoms with van der Waals surface area (Å²) in [6.07, 6.45) is 2.32. The number of ether oxygens (including phenoxy) is 1. The minimum atomic E-state index is 0.781. The highest BCUT2D eigenvalue weighted by molar-refractivity contribution is 5.41. The maximum Gasteiger partial charge on any atom is 0.119 e. The molecule has 1 aromatic carbocycles. The summed E-state index contributed by atoms with van der Waals surface area (Å²) in [7, 11) is 0. The van der Waals surface area contributed by atoms with Crippen LogP contribution in [0.1, 0.15) is 19.8 Å². The lowest BCUT2D eigenvalue weighted by molar-refractivity contribution is 0.134. The van der Waals surface area contributed by atoms with Gasteiger partial charge in [0.15, 0.2) is 0 Å². The summed E-state index contributed by atoms with van der Waals surface area (Å²) in [5.74, 6) is 0.913. The van der Waals surface area contributed by atoms with E-state index in [9.17, 15) is 0 Å². The molecule has 1 fully saturated rings. The van der Waals surface area contributed by atoms with Crippen LogP contribution < -0.4 is 10.5 Å². The smallest absolute Gasteiger partial charge is 0.119 e. The molecular weight excluding hydrogens is 250 g/mol. The molecule has 1 aliphatic heterocycles. The second-order valence-corrected chi connectivity index (χ2v) is 5.40. The zero-order valence-electron chi connectivity index (χ0n) is 12.6. The van der Waals surface area contributed by atoms with E-state index >= 15 is 0 Å². The van der Waals surface area contributed by atoms with Gasteiger partial charge in [0.1, 0.15) is 5.75 Å². The molecule has 0 saturated carbocycles. The number of anilines is 1. The number of likely N-dealkylation sites (N-methyl/N-ethyl adjacent to an activating group) is 1. The van der Waals surface area contributed by atoms with Crippen molar-refractivity contribution in [1.29, 1.82) is 0 Å². The van der Waals surface area contributed by atoms with E-state index in [1.807, 2.05) is 24.3 Å². The van der Waals surface area contributed by atoms with Gasteiger partial charge >= 0.3 is 0 Å². The van der Waals surface area contributed by atoms with Gasteiger partial charge in [0, 0.05) is 31.9 Å². The van der Waals surface area contributed by atoms with Crippen LogP contribution in [0, 0.1) is 0 Å². The number of hydrogen-bond donors (Lipinski definition) is 1. The second-order valence-electron chi connectivity index (χ2n) is 5.40. The molecule has 4 heteroatoms. The summed E-state index contributed by atoms with van der Waals surface area (Å²) in [6.45, 7) is 10.3. The van der Waals surface area contributed by atoms with Gasteiger partial charge in [-0.15, -0.1) is 0 Å². The number of nitrogens with zero attached hydrogens (tertiary/aromatic N) is 2. The third-order valence-electron chi connectivity index (χ3n) is 3.93. The van der Waals surface area contributed by atoms with Crippen LogP contribution in [-0.2, 0) is 0 Å². The molecule has 0 amide bonds. The summed E-state index contributed by atoms with van der Waals surface area (Å²) < 4.78 is 5.70. The molecule has 20 heavy (non-hydrogen) atoms. The first-order valence-electron chi connectivity index (χ1n) is 7.71. The summed E-state index contributed by atoms with van der Waals surface area (Å²) in [6, 6.07) is 7.61. The van der Waals surface area contributed by atoms with E-state index in [4.69, 9.17) is 10.5 Å². The third kappa shape index (κ3) is 5.02. The lowest BCUT2D eigenvalue weighted by Gasteiger charge is -2.33. The Kier molecular flexibility index (Phi) is 6.15. The molecule has 1 saturated heterocycles. The van der Waals surface area contributed by atoms with Crippen LogP contribution in [0.2, 0.25) is 0 Å². The number of piperazine rings is 1. The van der Waals surface area contributed by atoms with E-state index < -0.39 is 0 Å². The van der Waals surface area contributed by atoms with Gasteiger partial charge in [-0.2, -0.15) is 0 Å². The molecule has 1 aromatic rings. The van der Waals surface area contributed by atoms with E-state index in [1.54, 1.807) is 0 Å². The van der Waals surface area contributed by atoms with Crippen molar-refractivity contribution in [3.05, 3.63) is 24.3 Å². The Bertz CT molecular complexity index is 372. The molecule has 4 nitrogen and oxygen atoms in total. The van der Waals surface area contributed by atoms with Gasteiger partial charge in [-0.05, 0) is 50.2 Å². The Morgan fingerprint density at radius 3 is 2.30 bits per heavy atom. The number of hydrogen-bond acceptors (Lipinski definition) is 4. The zero-order chi connectivity index (χ0) is 14.2. The van der Waals surface area contributed by atoms with E-state index in [-0.39, 0.29) is 0 Å². The van der Waals surface area contributed by atoms with Crippen LogP contribution in [0.3, 0.4) is 0 Å². The number of unbranched alkanes of at least 4 members (excludes halogenated alkanes) is 1. The van der Waals surface area contributed by atoms with Gasteiger partial charge < -0.3 is 20.3 Å². The summed E-state index contributed by atoms with van der Waals surface area (Å²) in [4.78, 5) is 5.08. The fourth-order valence-electron chi connectivity index (χ4n) is 2.52. The lowest BCUT2D eigenvalue weighted by atomic mass is 10.2. The third-order valence-corrected chi connectivity index (χ3v) is 3.93. The van der Waals surface area contributed by atoms with Crippen molar-refractivity contribution in [2.45, 2.75) is 19.8 Å². The van der Waals surface area contributed by atoms with Crippen molar-refractivity contribution in [3.63, 3.8) is 0 Å². The maximum absolute atomic E-state index is 5.70. The van der Waals surface area contributed by atoms with Crippen LogP contribution in [0.4, 0.5) is 5.69 Å². The summed E-state index contributed by atoms with van der Waals surface area (Å²) in [5, 5.41) is 0. The predicted octanol–water partition coefficient (Wildman–Crippen LogP) is 2.07. The summed E-state index contributed by atoms with van der Waals surface area (Å²) >= 11 is 0. The van der Waals surface area contributed by atoms with Crippen LogP contribution >= 0.6 is 0 Å². The normalized spacial score (nSPS) is 17.2. The van der Waals surface area contributed by atoms with Crippen LogP contribution in [0.5, 0.6) is 5.75 Å². The Morgan fingerprint density at radius 2 is 1.65 bits per heavy atom. The fraction of sp³-hybridized carbons (Fsp3) is 0.625. The van der Waals surface area contributed by atoms with Gasteiger partial charge in [0.25, 0.3) is 0 Å². The standard InChI is InChI=1S/C16H27N3O/c1-2-18-10-12-19(13-11-18)9-3-4-14-20-16-7-5-15(17)6-8-16/h5-8H,2-4,9-14,17H2,1H3. The molecule has 112 valence electrons. The van der Waals surface area contributed by atoms with Crippen LogP contribution in [0.25, 0.3) is 0 Å². The Morgan fingerprint density at radius 1 is 1.00 bits per heavy atom. The average Bonchev–Trinajstić information content (AvgIpc) is 2.49. The SMILES string of the molecule is CCN1CCN(CCCCOc2ccc(N)cc2)CC1. The molecule has 2 N–H and O–H groups in total. The van der Waals surface area contributed by atoms with Gasteiger partial charge in [-0.25, -0.2) is 0 Å². The molecule has 1 aliphatic rings. The Hall–Kier alpha value is -1.26. The highest BCUT2D eigenvalue weighted by atomic mass is 16.5. The highest BCUT2D eigenvalue weighted by Gasteiger charge is 2.14. The van der Waals surface area contributed by atoms with Gasteiger partial charge in [-0.3, -0.25) is 0 Å². The lowest BCUT2D eigenvalue weighted by Crippen LogP contribution is -2.46.